The van der Waals surface area contributed by atoms with Crippen molar-refractivity contribution in [2.75, 3.05) is 41.0 Å². The number of carbonyl (C=O) groups excluding carboxylic acids is 1. The van der Waals surface area contributed by atoms with Gasteiger partial charge < -0.3 is 24.8 Å². The number of methoxy groups -OCH3 is 3. The van der Waals surface area contributed by atoms with E-state index in [1.165, 1.54) is 27.8 Å². The van der Waals surface area contributed by atoms with E-state index in [1.54, 1.807) is 12.1 Å². The molecular formula is C16H24N2O4. The van der Waals surface area contributed by atoms with E-state index in [0.717, 1.165) is 19.5 Å². The Morgan fingerprint density at radius 2 is 1.91 bits per heavy atom. The summed E-state index contributed by atoms with van der Waals surface area (Å²) in [5.74, 6) is 1.96. The van der Waals surface area contributed by atoms with Crippen molar-refractivity contribution in [3.63, 3.8) is 0 Å². The Balaban J connectivity index is 2.01. The Labute approximate surface area is 131 Å². The van der Waals surface area contributed by atoms with Crippen LogP contribution in [0.2, 0.25) is 0 Å². The Hall–Kier alpha value is -1.95. The third-order valence-corrected chi connectivity index (χ3v) is 3.93. The van der Waals surface area contributed by atoms with Crippen LogP contribution >= 0.6 is 0 Å². The molecule has 6 nitrogen and oxygen atoms in total. The molecule has 1 saturated heterocycles. The lowest BCUT2D eigenvalue weighted by Gasteiger charge is -2.14. The molecule has 22 heavy (non-hydrogen) atoms. The Morgan fingerprint density at radius 1 is 1.23 bits per heavy atom. The average Bonchev–Trinajstić information content (AvgIpc) is 3.06. The highest BCUT2D eigenvalue weighted by molar-refractivity contribution is 5.95. The second-order valence-electron chi connectivity index (χ2n) is 5.32. The van der Waals surface area contributed by atoms with E-state index in [1.807, 2.05) is 0 Å². The van der Waals surface area contributed by atoms with Gasteiger partial charge in [0.1, 0.15) is 0 Å². The van der Waals surface area contributed by atoms with Gasteiger partial charge in [0, 0.05) is 12.1 Å². The summed E-state index contributed by atoms with van der Waals surface area (Å²) in [6.07, 6.45) is 2.17. The smallest absolute Gasteiger partial charge is 0.251 e. The predicted molar refractivity (Wildman–Crippen MR) is 84.0 cm³/mol. The van der Waals surface area contributed by atoms with Crippen LogP contribution in [-0.2, 0) is 0 Å². The average molecular weight is 308 g/mol. The zero-order valence-corrected chi connectivity index (χ0v) is 13.4. The van der Waals surface area contributed by atoms with Gasteiger partial charge in [-0.3, -0.25) is 4.79 Å². The van der Waals surface area contributed by atoms with E-state index < -0.39 is 0 Å². The lowest BCUT2D eigenvalue weighted by Crippen LogP contribution is -2.26. The van der Waals surface area contributed by atoms with Crippen molar-refractivity contribution in [2.24, 2.45) is 5.92 Å². The van der Waals surface area contributed by atoms with Gasteiger partial charge in [-0.05, 0) is 44.0 Å². The molecule has 1 aromatic rings. The molecule has 0 spiro atoms. The van der Waals surface area contributed by atoms with Gasteiger partial charge in [-0.2, -0.15) is 0 Å². The number of carbonyl (C=O) groups is 1. The second kappa shape index (κ2) is 7.89. The summed E-state index contributed by atoms with van der Waals surface area (Å²) >= 11 is 0. The molecule has 0 bridgehead atoms. The minimum atomic E-state index is -0.134. The van der Waals surface area contributed by atoms with Crippen LogP contribution in [0.5, 0.6) is 17.2 Å². The van der Waals surface area contributed by atoms with Gasteiger partial charge in [0.05, 0.1) is 21.3 Å². The first-order chi connectivity index (χ1) is 10.7. The highest BCUT2D eigenvalue weighted by Gasteiger charge is 2.18. The summed E-state index contributed by atoms with van der Waals surface area (Å²) in [7, 11) is 4.61. The maximum Gasteiger partial charge on any atom is 0.251 e. The van der Waals surface area contributed by atoms with E-state index >= 15 is 0 Å². The van der Waals surface area contributed by atoms with Crippen molar-refractivity contribution in [1.29, 1.82) is 0 Å². The summed E-state index contributed by atoms with van der Waals surface area (Å²) in [6, 6.07) is 3.32. The van der Waals surface area contributed by atoms with Gasteiger partial charge in [-0.15, -0.1) is 0 Å². The monoisotopic (exact) mass is 308 g/mol. The quantitative estimate of drug-likeness (QED) is 0.798. The molecule has 1 heterocycles. The maximum atomic E-state index is 12.3. The molecular weight excluding hydrogens is 284 g/mol. The second-order valence-corrected chi connectivity index (χ2v) is 5.32. The predicted octanol–water partition coefficient (Wildman–Crippen LogP) is 1.44. The van der Waals surface area contributed by atoms with Crippen LogP contribution < -0.4 is 24.8 Å². The lowest BCUT2D eigenvalue weighted by molar-refractivity contribution is 0.0951. The van der Waals surface area contributed by atoms with Gasteiger partial charge in [-0.25, -0.2) is 0 Å². The topological polar surface area (TPSA) is 68.8 Å². The van der Waals surface area contributed by atoms with Crippen LogP contribution in [0.1, 0.15) is 23.2 Å². The minimum absolute atomic E-state index is 0.134. The van der Waals surface area contributed by atoms with Crippen molar-refractivity contribution in [3.8, 4) is 17.2 Å². The van der Waals surface area contributed by atoms with E-state index in [-0.39, 0.29) is 5.91 Å². The number of hydrogen-bond donors (Lipinski definition) is 2. The van der Waals surface area contributed by atoms with Gasteiger partial charge in [-0.1, -0.05) is 0 Å². The largest absolute Gasteiger partial charge is 0.493 e. The number of hydrogen-bond acceptors (Lipinski definition) is 5. The van der Waals surface area contributed by atoms with E-state index in [2.05, 4.69) is 10.6 Å². The maximum absolute atomic E-state index is 12.3. The molecule has 2 rings (SSSR count). The van der Waals surface area contributed by atoms with Gasteiger partial charge in [0.2, 0.25) is 5.75 Å². The van der Waals surface area contributed by atoms with Crippen molar-refractivity contribution >= 4 is 5.91 Å². The fourth-order valence-corrected chi connectivity index (χ4v) is 2.66. The molecule has 1 unspecified atom stereocenters. The first-order valence-electron chi connectivity index (χ1n) is 7.48. The molecule has 0 saturated carbocycles. The number of benzene rings is 1. The lowest BCUT2D eigenvalue weighted by atomic mass is 10.1. The molecule has 1 aromatic carbocycles. The summed E-state index contributed by atoms with van der Waals surface area (Å²) in [6.45, 7) is 2.79. The first kappa shape index (κ1) is 16.4. The Morgan fingerprint density at radius 3 is 2.41 bits per heavy atom. The summed E-state index contributed by atoms with van der Waals surface area (Å²) < 4.78 is 15.8. The molecule has 1 fully saturated rings. The van der Waals surface area contributed by atoms with Crippen LogP contribution in [0.4, 0.5) is 0 Å². The SMILES string of the molecule is COc1cc(C(=O)NCCC2CCNC2)cc(OC)c1OC. The van der Waals surface area contributed by atoms with Crippen LogP contribution in [0.25, 0.3) is 0 Å². The van der Waals surface area contributed by atoms with E-state index in [0.29, 0.717) is 35.3 Å². The number of nitrogens with one attached hydrogen (secondary N) is 2. The normalized spacial score (nSPS) is 17.1. The third-order valence-electron chi connectivity index (χ3n) is 3.93. The Bertz CT molecular complexity index is 488. The Kier molecular flexibility index (Phi) is 5.89. The van der Waals surface area contributed by atoms with Gasteiger partial charge in [0.15, 0.2) is 11.5 Å². The summed E-state index contributed by atoms with van der Waals surface area (Å²) in [5, 5.41) is 6.27. The molecule has 6 heteroatoms. The molecule has 0 radical (unpaired) electrons. The van der Waals surface area contributed by atoms with Gasteiger partial charge in [0.25, 0.3) is 5.91 Å². The van der Waals surface area contributed by atoms with Crippen molar-refractivity contribution in [2.45, 2.75) is 12.8 Å². The molecule has 0 aliphatic carbocycles. The number of rotatable bonds is 7. The van der Waals surface area contributed by atoms with Crippen LogP contribution in [0, 0.1) is 5.92 Å². The fourth-order valence-electron chi connectivity index (χ4n) is 2.66. The fraction of sp³-hybridized carbons (Fsp3) is 0.562. The molecule has 1 amide bonds. The zero-order chi connectivity index (χ0) is 15.9. The van der Waals surface area contributed by atoms with Crippen LogP contribution in [-0.4, -0.2) is 46.9 Å². The minimum Gasteiger partial charge on any atom is -0.493 e. The third kappa shape index (κ3) is 3.82. The van der Waals surface area contributed by atoms with Crippen molar-refractivity contribution < 1.29 is 19.0 Å². The van der Waals surface area contributed by atoms with E-state index in [4.69, 9.17) is 14.2 Å². The molecule has 1 aliphatic rings. The van der Waals surface area contributed by atoms with Crippen molar-refractivity contribution in [3.05, 3.63) is 17.7 Å². The molecule has 1 atom stereocenters. The number of amides is 1. The van der Waals surface area contributed by atoms with Gasteiger partial charge >= 0.3 is 0 Å². The van der Waals surface area contributed by atoms with Crippen molar-refractivity contribution in [1.82, 2.24) is 10.6 Å². The molecule has 2 N–H and O–H groups in total. The molecule has 122 valence electrons. The zero-order valence-electron chi connectivity index (χ0n) is 13.4. The standard InChI is InChI=1S/C16H24N2O4/c1-20-13-8-12(9-14(21-2)15(13)22-3)16(19)18-7-5-11-4-6-17-10-11/h8-9,11,17H,4-7,10H2,1-3H3,(H,18,19). The molecule has 1 aliphatic heterocycles. The highest BCUT2D eigenvalue weighted by atomic mass is 16.5. The highest BCUT2D eigenvalue weighted by Crippen LogP contribution is 2.38. The van der Waals surface area contributed by atoms with Crippen LogP contribution in [0.3, 0.4) is 0 Å². The number of ether oxygens (including phenoxy) is 3. The first-order valence-corrected chi connectivity index (χ1v) is 7.48. The van der Waals surface area contributed by atoms with E-state index in [9.17, 15) is 4.79 Å². The molecule has 0 aromatic heterocycles. The summed E-state index contributed by atoms with van der Waals surface area (Å²) in [4.78, 5) is 12.3. The van der Waals surface area contributed by atoms with Crippen LogP contribution in [0.15, 0.2) is 12.1 Å². The summed E-state index contributed by atoms with van der Waals surface area (Å²) in [5.41, 5.74) is 0.499.